The molecule has 0 aromatic heterocycles. The molecule has 5 heteroatoms. The van der Waals surface area contributed by atoms with Crippen LogP contribution in [-0.4, -0.2) is 47.5 Å². The molecule has 0 saturated carbocycles. The number of hydrogen-bond acceptors (Lipinski definition) is 4. The highest BCUT2D eigenvalue weighted by atomic mass is 32.2. The Hall–Kier alpha value is -1.98. The van der Waals surface area contributed by atoms with E-state index < -0.39 is 6.10 Å². The normalized spacial score (nSPS) is 20.0. The van der Waals surface area contributed by atoms with Gasteiger partial charge in [-0.3, -0.25) is 4.79 Å². The van der Waals surface area contributed by atoms with Gasteiger partial charge in [0.2, 0.25) is 0 Å². The van der Waals surface area contributed by atoms with Crippen molar-refractivity contribution in [3.8, 4) is 5.75 Å². The van der Waals surface area contributed by atoms with E-state index in [4.69, 9.17) is 4.74 Å². The van der Waals surface area contributed by atoms with E-state index in [0.717, 1.165) is 10.6 Å². The lowest BCUT2D eigenvalue weighted by Gasteiger charge is -2.36. The molecule has 2 atom stereocenters. The molecule has 1 aliphatic rings. The molecule has 1 amide bonds. The van der Waals surface area contributed by atoms with Crippen molar-refractivity contribution in [3.63, 3.8) is 0 Å². The van der Waals surface area contributed by atoms with Crippen molar-refractivity contribution in [2.75, 3.05) is 19.3 Å². The van der Waals surface area contributed by atoms with Crippen LogP contribution in [0.4, 0.5) is 0 Å². The maximum absolute atomic E-state index is 12.9. The summed E-state index contributed by atoms with van der Waals surface area (Å²) in [5.41, 5.74) is 1.91. The number of aliphatic hydroxyl groups excluding tert-OH is 1. The zero-order chi connectivity index (χ0) is 19.4. The first-order valence-electron chi connectivity index (χ1n) is 9.36. The fourth-order valence-electron chi connectivity index (χ4n) is 3.35. The third-order valence-electron chi connectivity index (χ3n) is 4.96. The first-order valence-corrected chi connectivity index (χ1v) is 10.6. The highest BCUT2D eigenvalue weighted by Crippen LogP contribution is 2.26. The molecule has 2 aromatic carbocycles. The van der Waals surface area contributed by atoms with Gasteiger partial charge in [-0.25, -0.2) is 0 Å². The van der Waals surface area contributed by atoms with E-state index in [9.17, 15) is 9.90 Å². The Kier molecular flexibility index (Phi) is 6.45. The molecule has 1 N–H and O–H groups in total. The number of piperidine rings is 1. The van der Waals surface area contributed by atoms with Gasteiger partial charge < -0.3 is 14.7 Å². The summed E-state index contributed by atoms with van der Waals surface area (Å²) in [5.74, 6) is 1.17. The number of carbonyl (C=O) groups is 1. The molecule has 1 fully saturated rings. The third kappa shape index (κ3) is 4.66. The predicted molar refractivity (Wildman–Crippen MR) is 110 cm³/mol. The maximum atomic E-state index is 12.9. The first-order chi connectivity index (χ1) is 13.0. The lowest BCUT2D eigenvalue weighted by atomic mass is 10.0. The number of rotatable bonds is 5. The number of ether oxygens (including phenoxy) is 1. The Morgan fingerprint density at radius 1 is 1.22 bits per heavy atom. The van der Waals surface area contributed by atoms with Crippen LogP contribution in [-0.2, 0) is 0 Å². The Labute approximate surface area is 165 Å². The van der Waals surface area contributed by atoms with Crippen LogP contribution in [0.2, 0.25) is 0 Å². The van der Waals surface area contributed by atoms with E-state index in [2.05, 4.69) is 19.9 Å². The zero-order valence-electron chi connectivity index (χ0n) is 16.1. The van der Waals surface area contributed by atoms with Gasteiger partial charge >= 0.3 is 0 Å². The summed E-state index contributed by atoms with van der Waals surface area (Å²) >= 11 is 1.56. The number of likely N-dealkylation sites (tertiary alicyclic amines) is 1. The van der Waals surface area contributed by atoms with E-state index in [-0.39, 0.29) is 18.6 Å². The Bertz CT molecular complexity index is 793. The molecule has 3 rings (SSSR count). The summed E-state index contributed by atoms with van der Waals surface area (Å²) in [4.78, 5) is 15.6. The second kappa shape index (κ2) is 8.81. The van der Waals surface area contributed by atoms with Gasteiger partial charge in [0.1, 0.15) is 18.0 Å². The molecule has 0 radical (unpaired) electrons. The van der Waals surface area contributed by atoms with Crippen molar-refractivity contribution >= 4 is 17.7 Å². The molecule has 0 aliphatic carbocycles. The molecule has 0 unspecified atom stereocenters. The van der Waals surface area contributed by atoms with E-state index >= 15 is 0 Å². The molecular weight excluding hydrogens is 358 g/mol. The van der Waals surface area contributed by atoms with Crippen LogP contribution in [0.15, 0.2) is 53.4 Å². The van der Waals surface area contributed by atoms with E-state index in [1.54, 1.807) is 16.7 Å². The van der Waals surface area contributed by atoms with Crippen LogP contribution in [0.3, 0.4) is 0 Å². The maximum Gasteiger partial charge on any atom is 0.255 e. The van der Waals surface area contributed by atoms with Gasteiger partial charge in [-0.15, -0.1) is 11.8 Å². The Morgan fingerprint density at radius 3 is 2.70 bits per heavy atom. The second-order valence-electron chi connectivity index (χ2n) is 7.19. The number of thioether (sulfide) groups is 1. The molecule has 0 spiro atoms. The van der Waals surface area contributed by atoms with Gasteiger partial charge in [-0.05, 0) is 42.0 Å². The molecule has 0 bridgehead atoms. The quantitative estimate of drug-likeness (QED) is 0.784. The summed E-state index contributed by atoms with van der Waals surface area (Å²) in [5, 5.41) is 10.6. The standard InChI is InChI=1S/C22H27NO3S/c1-15(2)16-7-6-8-17(13-16)26-20-11-12-23(14-19(20)24)22(25)18-9-4-5-10-21(18)27-3/h4-10,13,15,19-20,24H,11-12,14H2,1-3H3/t19-,20-/m1/s1. The summed E-state index contributed by atoms with van der Waals surface area (Å²) in [7, 11) is 0. The molecule has 27 heavy (non-hydrogen) atoms. The largest absolute Gasteiger partial charge is 0.488 e. The molecule has 4 nitrogen and oxygen atoms in total. The minimum Gasteiger partial charge on any atom is -0.488 e. The highest BCUT2D eigenvalue weighted by molar-refractivity contribution is 7.98. The van der Waals surface area contributed by atoms with Gasteiger partial charge in [0.25, 0.3) is 5.91 Å². The van der Waals surface area contributed by atoms with Crippen molar-refractivity contribution in [1.82, 2.24) is 4.90 Å². The van der Waals surface area contributed by atoms with Crippen molar-refractivity contribution in [2.45, 2.75) is 43.3 Å². The van der Waals surface area contributed by atoms with Gasteiger partial charge in [0, 0.05) is 17.9 Å². The van der Waals surface area contributed by atoms with Crippen LogP contribution >= 0.6 is 11.8 Å². The number of carbonyl (C=O) groups excluding carboxylic acids is 1. The second-order valence-corrected chi connectivity index (χ2v) is 8.04. The lowest BCUT2D eigenvalue weighted by Crippen LogP contribution is -2.51. The highest BCUT2D eigenvalue weighted by Gasteiger charge is 2.32. The van der Waals surface area contributed by atoms with E-state index in [0.29, 0.717) is 24.4 Å². The molecular formula is C22H27NO3S. The number of amides is 1. The number of hydrogen-bond donors (Lipinski definition) is 1. The summed E-state index contributed by atoms with van der Waals surface area (Å²) in [6, 6.07) is 15.6. The van der Waals surface area contributed by atoms with Crippen LogP contribution in [0.1, 0.15) is 42.1 Å². The monoisotopic (exact) mass is 385 g/mol. The minimum atomic E-state index is -0.702. The van der Waals surface area contributed by atoms with Crippen LogP contribution < -0.4 is 4.74 Å². The number of β-amino-alcohol motifs (C(OH)–C–C–N with tert-alkyl or cyclic N) is 1. The summed E-state index contributed by atoms with van der Waals surface area (Å²) < 4.78 is 6.04. The molecule has 1 aliphatic heterocycles. The van der Waals surface area contributed by atoms with E-state index in [1.807, 2.05) is 48.7 Å². The SMILES string of the molecule is CSc1ccccc1C(=O)N1CC[C@@H](Oc2cccc(C(C)C)c2)[C@H](O)C1. The van der Waals surface area contributed by atoms with Gasteiger partial charge in [0.05, 0.1) is 12.1 Å². The fourth-order valence-corrected chi connectivity index (χ4v) is 3.94. The predicted octanol–water partition coefficient (Wildman–Crippen LogP) is 4.19. The average Bonchev–Trinajstić information content (AvgIpc) is 2.69. The van der Waals surface area contributed by atoms with Gasteiger partial charge in [-0.2, -0.15) is 0 Å². The van der Waals surface area contributed by atoms with Crippen molar-refractivity contribution in [2.24, 2.45) is 0 Å². The Balaban J connectivity index is 1.65. The van der Waals surface area contributed by atoms with Crippen molar-refractivity contribution in [1.29, 1.82) is 0 Å². The van der Waals surface area contributed by atoms with Crippen LogP contribution in [0, 0.1) is 0 Å². The third-order valence-corrected chi connectivity index (χ3v) is 5.75. The number of nitrogens with zero attached hydrogens (tertiary/aromatic N) is 1. The van der Waals surface area contributed by atoms with Crippen molar-refractivity contribution < 1.29 is 14.6 Å². The summed E-state index contributed by atoms with van der Waals surface area (Å²) in [6.45, 7) is 5.15. The molecule has 144 valence electrons. The average molecular weight is 386 g/mol. The van der Waals surface area contributed by atoms with E-state index in [1.165, 1.54) is 5.56 Å². The lowest BCUT2D eigenvalue weighted by molar-refractivity contribution is -0.0200. The van der Waals surface area contributed by atoms with Crippen LogP contribution in [0.25, 0.3) is 0 Å². The topological polar surface area (TPSA) is 49.8 Å². The minimum absolute atomic E-state index is 0.0285. The number of benzene rings is 2. The number of aliphatic hydroxyl groups is 1. The molecule has 2 aromatic rings. The smallest absolute Gasteiger partial charge is 0.255 e. The van der Waals surface area contributed by atoms with Crippen LogP contribution in [0.5, 0.6) is 5.75 Å². The summed E-state index contributed by atoms with van der Waals surface area (Å²) in [6.07, 6.45) is 1.58. The molecule has 1 heterocycles. The zero-order valence-corrected chi connectivity index (χ0v) is 16.9. The fraction of sp³-hybridized carbons (Fsp3) is 0.409. The van der Waals surface area contributed by atoms with Gasteiger partial charge in [-0.1, -0.05) is 38.1 Å². The molecule has 1 saturated heterocycles. The van der Waals surface area contributed by atoms with Gasteiger partial charge in [0.15, 0.2) is 0 Å². The Morgan fingerprint density at radius 2 is 2.00 bits per heavy atom. The first kappa shape index (κ1) is 19.8. The van der Waals surface area contributed by atoms with Crippen molar-refractivity contribution in [3.05, 3.63) is 59.7 Å².